The summed E-state index contributed by atoms with van der Waals surface area (Å²) >= 11 is 0. The lowest BCUT2D eigenvalue weighted by Crippen LogP contribution is -2.23. The highest BCUT2D eigenvalue weighted by Crippen LogP contribution is 2.51. The summed E-state index contributed by atoms with van der Waals surface area (Å²) in [6.45, 7) is 4.11. The average molecular weight is 332 g/mol. The monoisotopic (exact) mass is 332 g/mol. The second-order valence-electron chi connectivity index (χ2n) is 6.00. The van der Waals surface area contributed by atoms with Crippen LogP contribution in [-0.4, -0.2) is 34.5 Å². The first-order valence-corrected chi connectivity index (χ1v) is 8.03. The lowest BCUT2D eigenvalue weighted by atomic mass is 9.89. The van der Waals surface area contributed by atoms with E-state index in [0.717, 1.165) is 39.8 Å². The Labute approximate surface area is 142 Å². The topological polar surface area (TPSA) is 46.2 Å². The van der Waals surface area contributed by atoms with E-state index in [-0.39, 0.29) is 12.2 Å². The predicted octanol–water partition coefficient (Wildman–Crippen LogP) is 3.90. The number of methoxy groups -OCH3 is 4. The van der Waals surface area contributed by atoms with Gasteiger partial charge in [0.1, 0.15) is 23.0 Å². The van der Waals surface area contributed by atoms with Crippen molar-refractivity contribution in [3.05, 3.63) is 23.3 Å². The zero-order chi connectivity index (χ0) is 17.4. The molecule has 0 fully saturated rings. The molecule has 0 saturated heterocycles. The van der Waals surface area contributed by atoms with Gasteiger partial charge in [-0.15, -0.1) is 0 Å². The molecule has 3 rings (SSSR count). The van der Waals surface area contributed by atoms with Crippen molar-refractivity contribution in [3.63, 3.8) is 0 Å². The molecule has 0 bridgehead atoms. The lowest BCUT2D eigenvalue weighted by molar-refractivity contribution is -0.00647. The highest BCUT2D eigenvalue weighted by molar-refractivity contribution is 6.01. The van der Waals surface area contributed by atoms with Crippen molar-refractivity contribution in [2.45, 2.75) is 32.5 Å². The second kappa shape index (κ2) is 6.40. The molecule has 0 aromatic heterocycles. The molecule has 2 atom stereocenters. The van der Waals surface area contributed by atoms with E-state index < -0.39 is 0 Å². The maximum absolute atomic E-state index is 6.02. The van der Waals surface area contributed by atoms with Gasteiger partial charge in [0.25, 0.3) is 0 Å². The van der Waals surface area contributed by atoms with Crippen LogP contribution in [0.1, 0.15) is 31.1 Å². The summed E-state index contributed by atoms with van der Waals surface area (Å²) in [6.07, 6.45) is 0.814. The van der Waals surface area contributed by atoms with Gasteiger partial charge in [-0.25, -0.2) is 0 Å². The van der Waals surface area contributed by atoms with Gasteiger partial charge in [0.05, 0.1) is 46.0 Å². The van der Waals surface area contributed by atoms with Crippen molar-refractivity contribution < 1.29 is 23.7 Å². The summed E-state index contributed by atoms with van der Waals surface area (Å²) in [7, 11) is 6.65. The van der Waals surface area contributed by atoms with E-state index >= 15 is 0 Å². The van der Waals surface area contributed by atoms with Crippen LogP contribution in [0.4, 0.5) is 0 Å². The summed E-state index contributed by atoms with van der Waals surface area (Å²) in [6, 6.07) is 3.82. The number of hydrogen-bond acceptors (Lipinski definition) is 5. The molecule has 0 amide bonds. The molecule has 0 aliphatic carbocycles. The van der Waals surface area contributed by atoms with E-state index in [4.69, 9.17) is 23.7 Å². The van der Waals surface area contributed by atoms with E-state index in [0.29, 0.717) is 11.5 Å². The maximum Gasteiger partial charge on any atom is 0.136 e. The summed E-state index contributed by atoms with van der Waals surface area (Å²) in [5.74, 6) is 3.01. The fraction of sp³-hybridized carbons (Fsp3) is 0.474. The first-order valence-electron chi connectivity index (χ1n) is 8.03. The molecule has 0 unspecified atom stereocenters. The second-order valence-corrected chi connectivity index (χ2v) is 6.00. The largest absolute Gasteiger partial charge is 0.497 e. The Balaban J connectivity index is 2.48. The van der Waals surface area contributed by atoms with Crippen LogP contribution in [0.5, 0.6) is 23.0 Å². The third-order valence-electron chi connectivity index (χ3n) is 4.59. The van der Waals surface area contributed by atoms with E-state index in [2.05, 4.69) is 6.92 Å². The summed E-state index contributed by atoms with van der Waals surface area (Å²) in [5.41, 5.74) is 2.16. The molecule has 0 radical (unpaired) electrons. The normalized spacial score (nSPS) is 19.8. The Morgan fingerprint density at radius 3 is 2.21 bits per heavy atom. The van der Waals surface area contributed by atoms with Crippen molar-refractivity contribution >= 4 is 10.8 Å². The zero-order valence-corrected chi connectivity index (χ0v) is 15.1. The lowest BCUT2D eigenvalue weighted by Gasteiger charge is -2.32. The zero-order valence-electron chi connectivity index (χ0n) is 15.1. The van der Waals surface area contributed by atoms with Gasteiger partial charge < -0.3 is 23.7 Å². The van der Waals surface area contributed by atoms with Crippen molar-refractivity contribution in [3.8, 4) is 23.0 Å². The molecule has 0 N–H and O–H groups in total. The molecule has 2 aromatic rings. The Morgan fingerprint density at radius 2 is 1.62 bits per heavy atom. The number of ether oxygens (including phenoxy) is 5. The minimum Gasteiger partial charge on any atom is -0.497 e. The van der Waals surface area contributed by atoms with Gasteiger partial charge in [-0.1, -0.05) is 0 Å². The van der Waals surface area contributed by atoms with Crippen LogP contribution in [-0.2, 0) is 11.2 Å². The molecular formula is C19H24O5. The number of hydrogen-bond donors (Lipinski definition) is 0. The molecule has 1 aliphatic rings. The molecule has 24 heavy (non-hydrogen) atoms. The Hall–Kier alpha value is -2.14. The van der Waals surface area contributed by atoms with Crippen LogP contribution >= 0.6 is 0 Å². The molecule has 1 aliphatic heterocycles. The van der Waals surface area contributed by atoms with Gasteiger partial charge in [-0.05, 0) is 19.9 Å². The van der Waals surface area contributed by atoms with E-state index in [1.54, 1.807) is 28.4 Å². The maximum atomic E-state index is 6.02. The van der Waals surface area contributed by atoms with Crippen molar-refractivity contribution in [2.24, 2.45) is 0 Å². The first-order chi connectivity index (χ1) is 11.5. The molecule has 0 saturated carbocycles. The Morgan fingerprint density at radius 1 is 0.917 bits per heavy atom. The minimum atomic E-state index is -0.0798. The highest BCUT2D eigenvalue weighted by atomic mass is 16.5. The first kappa shape index (κ1) is 16.7. The van der Waals surface area contributed by atoms with Crippen LogP contribution in [0.25, 0.3) is 10.8 Å². The Kier molecular flexibility index (Phi) is 4.45. The standard InChI is InChI=1S/C19H24O5/c1-10-7-13-16(11(2)24-10)19(23-6)17-14(18(13)22-5)8-12(20-3)9-15(17)21-4/h8-11H,7H2,1-6H3/t10-,11-/m0/s1. The molecule has 1 heterocycles. The van der Waals surface area contributed by atoms with Gasteiger partial charge in [0, 0.05) is 29.0 Å². The van der Waals surface area contributed by atoms with Crippen LogP contribution in [0.15, 0.2) is 12.1 Å². The van der Waals surface area contributed by atoms with Crippen molar-refractivity contribution in [1.82, 2.24) is 0 Å². The fourth-order valence-electron chi connectivity index (χ4n) is 3.67. The summed E-state index contributed by atoms with van der Waals surface area (Å²) < 4.78 is 28.6. The van der Waals surface area contributed by atoms with Crippen molar-refractivity contribution in [2.75, 3.05) is 28.4 Å². The van der Waals surface area contributed by atoms with Gasteiger partial charge in [0.15, 0.2) is 0 Å². The van der Waals surface area contributed by atoms with E-state index in [1.807, 2.05) is 19.1 Å². The molecule has 5 nitrogen and oxygen atoms in total. The van der Waals surface area contributed by atoms with Crippen LogP contribution < -0.4 is 18.9 Å². The minimum absolute atomic E-state index is 0.0798. The quantitative estimate of drug-likeness (QED) is 0.850. The number of rotatable bonds is 4. The predicted molar refractivity (Wildman–Crippen MR) is 92.8 cm³/mol. The van der Waals surface area contributed by atoms with Crippen LogP contribution in [0.2, 0.25) is 0 Å². The SMILES string of the molecule is COc1cc(OC)c2c(OC)c3c(c(OC)c2c1)C[C@H](C)O[C@H]3C. The van der Waals surface area contributed by atoms with Gasteiger partial charge >= 0.3 is 0 Å². The molecule has 130 valence electrons. The van der Waals surface area contributed by atoms with Gasteiger partial charge in [0.2, 0.25) is 0 Å². The van der Waals surface area contributed by atoms with Crippen LogP contribution in [0.3, 0.4) is 0 Å². The molecule has 5 heteroatoms. The Bertz CT molecular complexity index is 768. The molecule has 2 aromatic carbocycles. The summed E-state index contributed by atoms with van der Waals surface area (Å²) in [4.78, 5) is 0. The van der Waals surface area contributed by atoms with Crippen molar-refractivity contribution in [1.29, 1.82) is 0 Å². The average Bonchev–Trinajstić information content (AvgIpc) is 2.58. The van der Waals surface area contributed by atoms with Gasteiger partial charge in [-0.3, -0.25) is 0 Å². The summed E-state index contributed by atoms with van der Waals surface area (Å²) in [5, 5.41) is 1.80. The molecule has 0 spiro atoms. The fourth-order valence-corrected chi connectivity index (χ4v) is 3.67. The third-order valence-corrected chi connectivity index (χ3v) is 4.59. The van der Waals surface area contributed by atoms with Gasteiger partial charge in [-0.2, -0.15) is 0 Å². The van der Waals surface area contributed by atoms with E-state index in [9.17, 15) is 0 Å². The highest BCUT2D eigenvalue weighted by Gasteiger charge is 2.32. The smallest absolute Gasteiger partial charge is 0.136 e. The van der Waals surface area contributed by atoms with E-state index in [1.165, 1.54) is 0 Å². The number of benzene rings is 2. The third kappa shape index (κ3) is 2.44. The van der Waals surface area contributed by atoms with Crippen LogP contribution in [0, 0.1) is 0 Å². The number of fused-ring (bicyclic) bond motifs is 2. The molecular weight excluding hydrogens is 308 g/mol.